The van der Waals surface area contributed by atoms with Crippen LogP contribution in [0.3, 0.4) is 0 Å². The molecule has 7 heteroatoms. The number of hydrogen-bond acceptors (Lipinski definition) is 6. The first-order valence-electron chi connectivity index (χ1n) is 8.11. The maximum Gasteiger partial charge on any atom is 0.258 e. The fourth-order valence-corrected chi connectivity index (χ4v) is 4.68. The lowest BCUT2D eigenvalue weighted by atomic mass is 10.0. The van der Waals surface area contributed by atoms with Crippen LogP contribution < -0.4 is 0 Å². The predicted molar refractivity (Wildman–Crippen MR) is 87.8 cm³/mol. The molecule has 0 aliphatic heterocycles. The normalized spacial score (nSPS) is 22.1. The quantitative estimate of drug-likeness (QED) is 0.892. The molecular weight excluding hydrogens is 328 g/mol. The lowest BCUT2D eigenvalue weighted by Gasteiger charge is -2.16. The van der Waals surface area contributed by atoms with Gasteiger partial charge in [-0.3, -0.25) is 0 Å². The highest BCUT2D eigenvalue weighted by Gasteiger charge is 2.53. The highest BCUT2D eigenvalue weighted by molar-refractivity contribution is 7.92. The van der Waals surface area contributed by atoms with Crippen molar-refractivity contribution in [2.75, 3.05) is 6.26 Å². The van der Waals surface area contributed by atoms with Gasteiger partial charge in [0.2, 0.25) is 5.82 Å². The predicted octanol–water partition coefficient (Wildman–Crippen LogP) is 2.39. The smallest absolute Gasteiger partial charge is 0.258 e. The summed E-state index contributed by atoms with van der Waals surface area (Å²) in [6.45, 7) is 1.70. The van der Waals surface area contributed by atoms with E-state index in [2.05, 4.69) is 10.1 Å². The van der Waals surface area contributed by atoms with Crippen molar-refractivity contribution >= 4 is 9.84 Å². The zero-order valence-corrected chi connectivity index (χ0v) is 14.5. The van der Waals surface area contributed by atoms with Gasteiger partial charge in [0.1, 0.15) is 5.60 Å². The van der Waals surface area contributed by atoms with E-state index in [1.54, 1.807) is 19.1 Å². The van der Waals surface area contributed by atoms with E-state index >= 15 is 0 Å². The Kier molecular flexibility index (Phi) is 3.22. The molecule has 1 aromatic heterocycles. The third-order valence-electron chi connectivity index (χ3n) is 5.31. The average molecular weight is 348 g/mol. The number of sulfone groups is 1. The third-order valence-corrected chi connectivity index (χ3v) is 7.38. The van der Waals surface area contributed by atoms with Gasteiger partial charge in [-0.1, -0.05) is 29.4 Å². The SMILES string of the molecule is CC(O)(c1nc(-c2ccc(C3(S(C)(=O)=O)CC3)cc2)no1)C1CC1. The molecule has 1 aromatic carbocycles. The first-order valence-corrected chi connectivity index (χ1v) is 10.0. The molecule has 0 radical (unpaired) electrons. The summed E-state index contributed by atoms with van der Waals surface area (Å²) in [6, 6.07) is 7.25. The summed E-state index contributed by atoms with van der Waals surface area (Å²) in [5.41, 5.74) is 0.464. The third kappa shape index (κ3) is 2.38. The van der Waals surface area contributed by atoms with E-state index in [0.29, 0.717) is 18.7 Å². The molecule has 2 aliphatic carbocycles. The van der Waals surface area contributed by atoms with Crippen LogP contribution in [0.2, 0.25) is 0 Å². The molecule has 1 atom stereocenters. The van der Waals surface area contributed by atoms with E-state index < -0.39 is 20.2 Å². The van der Waals surface area contributed by atoms with Gasteiger partial charge in [-0.2, -0.15) is 4.98 Å². The van der Waals surface area contributed by atoms with Crippen LogP contribution in [0.15, 0.2) is 28.8 Å². The number of rotatable bonds is 5. The van der Waals surface area contributed by atoms with E-state index in [-0.39, 0.29) is 11.8 Å². The molecule has 0 amide bonds. The molecule has 1 N–H and O–H groups in total. The van der Waals surface area contributed by atoms with Crippen molar-refractivity contribution in [1.82, 2.24) is 10.1 Å². The zero-order chi connectivity index (χ0) is 17.2. The van der Waals surface area contributed by atoms with Gasteiger partial charge in [0.15, 0.2) is 9.84 Å². The largest absolute Gasteiger partial charge is 0.380 e. The second kappa shape index (κ2) is 4.89. The lowest BCUT2D eigenvalue weighted by Crippen LogP contribution is -2.24. The molecule has 0 saturated heterocycles. The summed E-state index contributed by atoms with van der Waals surface area (Å²) < 4.78 is 28.5. The summed E-state index contributed by atoms with van der Waals surface area (Å²) >= 11 is 0. The standard InChI is InChI=1S/C17H20N2O4S/c1-16(20,12-7-8-12)15-18-14(19-23-15)11-3-5-13(6-4-11)17(9-10-17)24(2,21)22/h3-6,12,20H,7-10H2,1-2H3. The van der Waals surface area contributed by atoms with Gasteiger partial charge in [-0.05, 0) is 44.1 Å². The lowest BCUT2D eigenvalue weighted by molar-refractivity contribution is 0.000916. The van der Waals surface area contributed by atoms with Crippen molar-refractivity contribution in [2.24, 2.45) is 5.92 Å². The Hall–Kier alpha value is -1.73. The van der Waals surface area contributed by atoms with Gasteiger partial charge in [-0.25, -0.2) is 8.42 Å². The Morgan fingerprint density at radius 2 is 1.88 bits per heavy atom. The van der Waals surface area contributed by atoms with Gasteiger partial charge in [-0.15, -0.1) is 0 Å². The monoisotopic (exact) mass is 348 g/mol. The van der Waals surface area contributed by atoms with Crippen LogP contribution in [0.25, 0.3) is 11.4 Å². The van der Waals surface area contributed by atoms with Crippen LogP contribution in [0.1, 0.15) is 44.1 Å². The van der Waals surface area contributed by atoms with E-state index in [9.17, 15) is 13.5 Å². The first kappa shape index (κ1) is 15.8. The molecule has 0 spiro atoms. The molecule has 2 saturated carbocycles. The van der Waals surface area contributed by atoms with Crippen molar-refractivity contribution in [3.05, 3.63) is 35.7 Å². The Morgan fingerprint density at radius 3 is 2.38 bits per heavy atom. The summed E-state index contributed by atoms with van der Waals surface area (Å²) in [6.07, 6.45) is 4.56. The van der Waals surface area contributed by atoms with Crippen LogP contribution in [-0.4, -0.2) is 29.9 Å². The van der Waals surface area contributed by atoms with Crippen LogP contribution in [0.4, 0.5) is 0 Å². The van der Waals surface area contributed by atoms with Crippen molar-refractivity contribution in [3.63, 3.8) is 0 Å². The maximum atomic E-state index is 12.0. The Morgan fingerprint density at radius 1 is 1.25 bits per heavy atom. The van der Waals surface area contributed by atoms with E-state index in [1.165, 1.54) is 6.26 Å². The molecule has 128 valence electrons. The number of aromatic nitrogens is 2. The minimum Gasteiger partial charge on any atom is -0.380 e. The number of hydrogen-bond donors (Lipinski definition) is 1. The fraction of sp³-hybridized carbons (Fsp3) is 0.529. The fourth-order valence-electron chi connectivity index (χ4n) is 3.28. The molecule has 2 fully saturated rings. The minimum absolute atomic E-state index is 0.178. The minimum atomic E-state index is -3.12. The molecule has 24 heavy (non-hydrogen) atoms. The van der Waals surface area contributed by atoms with Gasteiger partial charge < -0.3 is 9.63 Å². The summed E-state index contributed by atoms with van der Waals surface area (Å²) in [7, 11) is -3.12. The second-order valence-corrected chi connectivity index (χ2v) is 9.51. The number of nitrogens with zero attached hydrogens (tertiary/aromatic N) is 2. The van der Waals surface area contributed by atoms with E-state index in [4.69, 9.17) is 4.52 Å². The van der Waals surface area contributed by atoms with Gasteiger partial charge >= 0.3 is 0 Å². The van der Waals surface area contributed by atoms with Crippen LogP contribution in [0.5, 0.6) is 0 Å². The molecular formula is C17H20N2O4S. The average Bonchev–Trinajstić information content (AvgIpc) is 3.43. The second-order valence-electron chi connectivity index (χ2n) is 7.19. The molecule has 4 rings (SSSR count). The van der Waals surface area contributed by atoms with Crippen molar-refractivity contribution in [2.45, 2.75) is 43.0 Å². The molecule has 0 bridgehead atoms. The summed E-state index contributed by atoms with van der Waals surface area (Å²) in [5.74, 6) is 0.818. The molecule has 2 aromatic rings. The summed E-state index contributed by atoms with van der Waals surface area (Å²) in [5, 5.41) is 14.4. The van der Waals surface area contributed by atoms with Crippen molar-refractivity contribution < 1.29 is 18.0 Å². The maximum absolute atomic E-state index is 12.0. The molecule has 6 nitrogen and oxygen atoms in total. The molecule has 1 unspecified atom stereocenters. The highest BCUT2D eigenvalue weighted by Crippen LogP contribution is 2.52. The van der Waals surface area contributed by atoms with Crippen LogP contribution >= 0.6 is 0 Å². The number of aliphatic hydroxyl groups is 1. The van der Waals surface area contributed by atoms with Gasteiger partial charge in [0.25, 0.3) is 5.89 Å². The highest BCUT2D eigenvalue weighted by atomic mass is 32.2. The van der Waals surface area contributed by atoms with Crippen LogP contribution in [0, 0.1) is 5.92 Å². The Balaban J connectivity index is 1.61. The van der Waals surface area contributed by atoms with Crippen molar-refractivity contribution in [1.29, 1.82) is 0 Å². The Bertz CT molecular complexity index is 876. The number of benzene rings is 1. The van der Waals surface area contributed by atoms with Gasteiger partial charge in [0.05, 0.1) is 4.75 Å². The topological polar surface area (TPSA) is 93.3 Å². The first-order chi connectivity index (χ1) is 11.2. The van der Waals surface area contributed by atoms with E-state index in [0.717, 1.165) is 24.0 Å². The van der Waals surface area contributed by atoms with Crippen molar-refractivity contribution in [3.8, 4) is 11.4 Å². The zero-order valence-electron chi connectivity index (χ0n) is 13.7. The van der Waals surface area contributed by atoms with Crippen LogP contribution in [-0.2, 0) is 20.2 Å². The Labute approximate surface area is 140 Å². The molecule has 2 aliphatic rings. The molecule has 1 heterocycles. The van der Waals surface area contributed by atoms with Gasteiger partial charge in [0, 0.05) is 11.8 Å². The summed E-state index contributed by atoms with van der Waals surface area (Å²) in [4.78, 5) is 4.32. The van der Waals surface area contributed by atoms with E-state index in [1.807, 2.05) is 12.1 Å².